The zero-order valence-electron chi connectivity index (χ0n) is 15.2. The van der Waals surface area contributed by atoms with Gasteiger partial charge in [0.1, 0.15) is 17.8 Å². The van der Waals surface area contributed by atoms with E-state index in [0.717, 1.165) is 0 Å². The van der Waals surface area contributed by atoms with Crippen LogP contribution in [0.15, 0.2) is 24.3 Å². The number of carbonyl (C=O) groups is 5. The van der Waals surface area contributed by atoms with Crippen molar-refractivity contribution in [3.8, 4) is 5.75 Å². The van der Waals surface area contributed by atoms with Crippen molar-refractivity contribution in [1.82, 2.24) is 10.6 Å². The maximum atomic E-state index is 12.4. The fraction of sp³-hybridized carbons (Fsp3) is 0.353. The Kier molecular flexibility index (Phi) is 8.55. The molecule has 158 valence electrons. The Bertz CT molecular complexity index is 780. The third-order valence-corrected chi connectivity index (χ3v) is 3.76. The molecule has 12 heteroatoms. The van der Waals surface area contributed by atoms with E-state index in [4.69, 9.17) is 16.6 Å². The summed E-state index contributed by atoms with van der Waals surface area (Å²) in [4.78, 5) is 57.7. The predicted molar refractivity (Wildman–Crippen MR) is 97.3 cm³/mol. The minimum absolute atomic E-state index is 0.0217. The molecule has 0 heterocycles. The van der Waals surface area contributed by atoms with Crippen molar-refractivity contribution in [2.45, 2.75) is 37.4 Å². The lowest BCUT2D eigenvalue weighted by Gasteiger charge is -2.22. The number of phenols is 1. The van der Waals surface area contributed by atoms with Gasteiger partial charge in [0.25, 0.3) is 0 Å². The highest BCUT2D eigenvalue weighted by atomic mass is 16.4. The Morgan fingerprint density at radius 1 is 0.897 bits per heavy atom. The van der Waals surface area contributed by atoms with Crippen LogP contribution in [0.1, 0.15) is 18.4 Å². The molecule has 0 aliphatic heterocycles. The minimum atomic E-state index is -1.54. The molecule has 0 aliphatic rings. The second-order valence-corrected chi connectivity index (χ2v) is 6.21. The van der Waals surface area contributed by atoms with Crippen LogP contribution in [0.5, 0.6) is 5.75 Å². The molecule has 0 aliphatic carbocycles. The van der Waals surface area contributed by atoms with Gasteiger partial charge in [-0.3, -0.25) is 19.2 Å². The monoisotopic (exact) mass is 410 g/mol. The summed E-state index contributed by atoms with van der Waals surface area (Å²) in [6.45, 7) is 0. The van der Waals surface area contributed by atoms with Crippen LogP contribution < -0.4 is 22.1 Å². The van der Waals surface area contributed by atoms with Crippen molar-refractivity contribution in [3.05, 3.63) is 29.8 Å². The molecule has 0 saturated carbocycles. The molecular formula is C17H22N4O8. The Hall–Kier alpha value is -3.67. The Labute approximate surface area is 164 Å². The van der Waals surface area contributed by atoms with E-state index in [9.17, 15) is 34.2 Å². The van der Waals surface area contributed by atoms with Gasteiger partial charge in [-0.1, -0.05) is 12.1 Å². The number of hydrogen-bond acceptors (Lipinski definition) is 7. The van der Waals surface area contributed by atoms with E-state index in [2.05, 4.69) is 10.6 Å². The largest absolute Gasteiger partial charge is 0.508 e. The highest BCUT2D eigenvalue weighted by molar-refractivity contribution is 5.95. The van der Waals surface area contributed by atoms with Crippen molar-refractivity contribution in [3.63, 3.8) is 0 Å². The summed E-state index contributed by atoms with van der Waals surface area (Å²) in [5.41, 5.74) is 11.0. The van der Waals surface area contributed by atoms with E-state index in [1.165, 1.54) is 24.3 Å². The normalized spacial score (nSPS) is 13.6. The quantitative estimate of drug-likeness (QED) is 0.207. The number of aromatic hydroxyl groups is 1. The van der Waals surface area contributed by atoms with Crippen molar-refractivity contribution < 1.29 is 39.3 Å². The highest BCUT2D eigenvalue weighted by Gasteiger charge is 2.29. The number of primary amides is 1. The molecule has 0 bridgehead atoms. The topological polar surface area (TPSA) is 222 Å². The third kappa shape index (κ3) is 8.26. The number of rotatable bonds is 11. The van der Waals surface area contributed by atoms with Crippen molar-refractivity contribution >= 4 is 29.7 Å². The lowest BCUT2D eigenvalue weighted by atomic mass is 10.0. The predicted octanol–water partition coefficient (Wildman–Crippen LogP) is -2.33. The Morgan fingerprint density at radius 2 is 1.45 bits per heavy atom. The van der Waals surface area contributed by atoms with Gasteiger partial charge in [0.05, 0.1) is 18.9 Å². The van der Waals surface area contributed by atoms with Gasteiger partial charge in [-0.2, -0.15) is 0 Å². The molecule has 1 aromatic carbocycles. The Morgan fingerprint density at radius 3 is 1.93 bits per heavy atom. The first-order valence-corrected chi connectivity index (χ1v) is 8.36. The average Bonchev–Trinajstić information content (AvgIpc) is 2.61. The second-order valence-electron chi connectivity index (χ2n) is 6.21. The van der Waals surface area contributed by atoms with Crippen LogP contribution in [0, 0.1) is 0 Å². The zero-order chi connectivity index (χ0) is 22.1. The summed E-state index contributed by atoms with van der Waals surface area (Å²) in [5, 5.41) is 31.6. The first-order chi connectivity index (χ1) is 13.5. The fourth-order valence-electron chi connectivity index (χ4n) is 2.31. The number of carboxylic acid groups (broad SMARTS) is 2. The summed E-state index contributed by atoms with van der Waals surface area (Å²) in [5.74, 6) is -5.72. The molecular weight excluding hydrogens is 388 g/mol. The SMILES string of the molecule is NC(=O)CC(NC(=O)C(N)CC(=O)O)C(=O)NC(Cc1ccc(O)cc1)C(=O)O. The minimum Gasteiger partial charge on any atom is -0.508 e. The molecule has 0 radical (unpaired) electrons. The average molecular weight is 410 g/mol. The van der Waals surface area contributed by atoms with Crippen LogP contribution in [-0.4, -0.2) is 63.1 Å². The smallest absolute Gasteiger partial charge is 0.326 e. The molecule has 9 N–H and O–H groups in total. The van der Waals surface area contributed by atoms with E-state index in [-0.39, 0.29) is 12.2 Å². The maximum absolute atomic E-state index is 12.4. The van der Waals surface area contributed by atoms with Crippen LogP contribution in [0.25, 0.3) is 0 Å². The molecule has 0 aromatic heterocycles. The number of amides is 3. The number of nitrogens with one attached hydrogen (secondary N) is 2. The van der Waals surface area contributed by atoms with Gasteiger partial charge in [0.15, 0.2) is 0 Å². The summed E-state index contributed by atoms with van der Waals surface area (Å²) in [7, 11) is 0. The van der Waals surface area contributed by atoms with Crippen molar-refractivity contribution in [2.75, 3.05) is 0 Å². The first kappa shape index (κ1) is 23.4. The van der Waals surface area contributed by atoms with Gasteiger partial charge in [-0.15, -0.1) is 0 Å². The van der Waals surface area contributed by atoms with Crippen LogP contribution in [-0.2, 0) is 30.4 Å². The molecule has 12 nitrogen and oxygen atoms in total. The van der Waals surface area contributed by atoms with Gasteiger partial charge >= 0.3 is 11.9 Å². The lowest BCUT2D eigenvalue weighted by Crippen LogP contribution is -2.56. The molecule has 3 amide bonds. The molecule has 1 rings (SSSR count). The van der Waals surface area contributed by atoms with Gasteiger partial charge in [-0.05, 0) is 17.7 Å². The number of phenolic OH excluding ortho intramolecular Hbond substituents is 1. The summed E-state index contributed by atoms with van der Waals surface area (Å²) < 4.78 is 0. The molecule has 3 unspecified atom stereocenters. The van der Waals surface area contributed by atoms with E-state index >= 15 is 0 Å². The standard InChI is InChI=1S/C17H22N4O8/c18-10(6-14(24)25)15(26)20-11(7-13(19)23)16(27)21-12(17(28)29)5-8-1-3-9(22)4-2-8/h1-4,10-12,22H,5-7,18H2,(H2,19,23)(H,20,26)(H,21,27)(H,24,25)(H,28,29). The zero-order valence-corrected chi connectivity index (χ0v) is 15.2. The lowest BCUT2D eigenvalue weighted by molar-refractivity contribution is -0.143. The second kappa shape index (κ2) is 10.6. The summed E-state index contributed by atoms with van der Waals surface area (Å²) >= 11 is 0. The molecule has 1 aromatic rings. The molecule has 0 saturated heterocycles. The molecule has 0 spiro atoms. The Balaban J connectivity index is 2.88. The van der Waals surface area contributed by atoms with E-state index < -0.39 is 60.6 Å². The molecule has 3 atom stereocenters. The van der Waals surface area contributed by atoms with E-state index in [0.29, 0.717) is 5.56 Å². The van der Waals surface area contributed by atoms with Crippen molar-refractivity contribution in [2.24, 2.45) is 11.5 Å². The first-order valence-electron chi connectivity index (χ1n) is 8.36. The van der Waals surface area contributed by atoms with Gasteiger partial charge in [0, 0.05) is 6.42 Å². The number of nitrogens with two attached hydrogens (primary N) is 2. The van der Waals surface area contributed by atoms with Gasteiger partial charge < -0.3 is 37.4 Å². The van der Waals surface area contributed by atoms with E-state index in [1.807, 2.05) is 0 Å². The maximum Gasteiger partial charge on any atom is 0.326 e. The number of carboxylic acids is 2. The highest BCUT2D eigenvalue weighted by Crippen LogP contribution is 2.11. The molecule has 0 fully saturated rings. The van der Waals surface area contributed by atoms with Crippen LogP contribution in [0.3, 0.4) is 0 Å². The summed E-state index contributed by atoms with van der Waals surface area (Å²) in [6.07, 6.45) is -1.50. The van der Waals surface area contributed by atoms with Gasteiger partial charge in [-0.25, -0.2) is 4.79 Å². The van der Waals surface area contributed by atoms with Crippen LogP contribution >= 0.6 is 0 Å². The number of benzene rings is 1. The van der Waals surface area contributed by atoms with E-state index in [1.54, 1.807) is 0 Å². The number of hydrogen-bond donors (Lipinski definition) is 7. The van der Waals surface area contributed by atoms with Crippen LogP contribution in [0.4, 0.5) is 0 Å². The fourth-order valence-corrected chi connectivity index (χ4v) is 2.31. The number of aliphatic carboxylic acids is 2. The summed E-state index contributed by atoms with van der Waals surface area (Å²) in [6, 6.07) is 1.18. The third-order valence-electron chi connectivity index (χ3n) is 3.76. The van der Waals surface area contributed by atoms with Crippen molar-refractivity contribution in [1.29, 1.82) is 0 Å². The van der Waals surface area contributed by atoms with Gasteiger partial charge in [0.2, 0.25) is 17.7 Å². The molecule has 29 heavy (non-hydrogen) atoms. The number of carbonyl (C=O) groups excluding carboxylic acids is 3. The van der Waals surface area contributed by atoms with Crippen LogP contribution in [0.2, 0.25) is 0 Å².